The normalized spacial score (nSPS) is 18.6. The lowest BCUT2D eigenvalue weighted by Crippen LogP contribution is -2.38. The number of hydrogen-bond acceptors (Lipinski definition) is 6. The summed E-state index contributed by atoms with van der Waals surface area (Å²) in [7, 11) is 1.59. The van der Waals surface area contributed by atoms with E-state index in [4.69, 9.17) is 15.2 Å². The van der Waals surface area contributed by atoms with Crippen LogP contribution < -0.4 is 15.8 Å². The van der Waals surface area contributed by atoms with Crippen LogP contribution in [0.2, 0.25) is 0 Å². The molecule has 0 saturated heterocycles. The molecule has 0 spiro atoms. The second kappa shape index (κ2) is 6.09. The van der Waals surface area contributed by atoms with Gasteiger partial charge in [-0.05, 0) is 37.0 Å². The van der Waals surface area contributed by atoms with Crippen LogP contribution in [0.3, 0.4) is 0 Å². The van der Waals surface area contributed by atoms with E-state index in [0.29, 0.717) is 43.1 Å². The Morgan fingerprint density at radius 1 is 1.36 bits per heavy atom. The van der Waals surface area contributed by atoms with Crippen LogP contribution in [0.15, 0.2) is 24.4 Å². The first-order valence-electron chi connectivity index (χ1n) is 8.32. The van der Waals surface area contributed by atoms with Gasteiger partial charge in [0.2, 0.25) is 5.91 Å². The minimum absolute atomic E-state index is 0.219. The van der Waals surface area contributed by atoms with Crippen molar-refractivity contribution in [2.45, 2.75) is 24.8 Å². The van der Waals surface area contributed by atoms with Gasteiger partial charge >= 0.3 is 0 Å². The Balaban J connectivity index is 1.75. The van der Waals surface area contributed by atoms with Gasteiger partial charge in [-0.25, -0.2) is 9.97 Å². The molecule has 0 radical (unpaired) electrons. The molecule has 1 amide bonds. The second-order valence-corrected chi connectivity index (χ2v) is 6.43. The smallest absolute Gasteiger partial charge is 0.245 e. The van der Waals surface area contributed by atoms with Crippen molar-refractivity contribution in [3.8, 4) is 5.75 Å². The number of carbonyl (C=O) groups excluding carboxylic acids is 1. The highest BCUT2D eigenvalue weighted by Crippen LogP contribution is 2.34. The van der Waals surface area contributed by atoms with Gasteiger partial charge < -0.3 is 20.5 Å². The van der Waals surface area contributed by atoms with Gasteiger partial charge in [0, 0.05) is 5.56 Å². The Labute approximate surface area is 145 Å². The number of ether oxygens (including phenoxy) is 2. The van der Waals surface area contributed by atoms with Gasteiger partial charge in [0.25, 0.3) is 0 Å². The van der Waals surface area contributed by atoms with Crippen LogP contribution in [-0.2, 0) is 9.53 Å². The molecule has 7 nitrogen and oxygen atoms in total. The number of nitrogens with two attached hydrogens (primary N) is 1. The molecule has 1 aromatic heterocycles. The average molecular weight is 340 g/mol. The van der Waals surface area contributed by atoms with Gasteiger partial charge in [-0.1, -0.05) is 6.08 Å². The number of carbonyl (C=O) groups is 1. The SMILES string of the molecule is COc1ccc(C2=CCOCC2)c2ncc(NC(=O)C3(N)CC3)nc12. The van der Waals surface area contributed by atoms with Gasteiger partial charge in [0.05, 0.1) is 32.1 Å². The van der Waals surface area contributed by atoms with Gasteiger partial charge in [-0.2, -0.15) is 0 Å². The molecule has 4 rings (SSSR count). The fraction of sp³-hybridized carbons (Fsp3) is 0.389. The Morgan fingerprint density at radius 3 is 2.88 bits per heavy atom. The molecular weight excluding hydrogens is 320 g/mol. The van der Waals surface area contributed by atoms with Crippen LogP contribution in [-0.4, -0.2) is 41.7 Å². The fourth-order valence-corrected chi connectivity index (χ4v) is 2.93. The summed E-state index contributed by atoms with van der Waals surface area (Å²) in [5.74, 6) is 0.776. The Hall–Kier alpha value is -2.51. The molecule has 130 valence electrons. The van der Waals surface area contributed by atoms with Gasteiger partial charge in [0.1, 0.15) is 16.8 Å². The maximum Gasteiger partial charge on any atom is 0.245 e. The third kappa shape index (κ3) is 2.96. The molecule has 1 aromatic carbocycles. The zero-order valence-electron chi connectivity index (χ0n) is 14.0. The topological polar surface area (TPSA) is 99.4 Å². The number of fused-ring (bicyclic) bond motifs is 1. The Kier molecular flexibility index (Phi) is 3.89. The van der Waals surface area contributed by atoms with Crippen molar-refractivity contribution in [3.63, 3.8) is 0 Å². The summed E-state index contributed by atoms with van der Waals surface area (Å²) in [5.41, 5.74) is 8.74. The van der Waals surface area contributed by atoms with Gasteiger partial charge in [-0.3, -0.25) is 4.79 Å². The van der Waals surface area contributed by atoms with Crippen LogP contribution in [0.5, 0.6) is 5.75 Å². The predicted molar refractivity (Wildman–Crippen MR) is 94.3 cm³/mol. The molecule has 1 fully saturated rings. The van der Waals surface area contributed by atoms with Crippen LogP contribution in [0, 0.1) is 0 Å². The second-order valence-electron chi connectivity index (χ2n) is 6.43. The molecule has 1 saturated carbocycles. The number of aromatic nitrogens is 2. The monoisotopic (exact) mass is 340 g/mol. The third-order valence-corrected chi connectivity index (χ3v) is 4.67. The number of hydrogen-bond donors (Lipinski definition) is 2. The Morgan fingerprint density at radius 2 is 2.20 bits per heavy atom. The van der Waals surface area contributed by atoms with E-state index in [1.165, 1.54) is 5.57 Å². The van der Waals surface area contributed by atoms with E-state index in [-0.39, 0.29) is 5.91 Å². The summed E-state index contributed by atoms with van der Waals surface area (Å²) in [6.07, 6.45) is 5.85. The first-order chi connectivity index (χ1) is 12.1. The van der Waals surface area contributed by atoms with E-state index in [2.05, 4.69) is 21.4 Å². The van der Waals surface area contributed by atoms with Crippen molar-refractivity contribution < 1.29 is 14.3 Å². The summed E-state index contributed by atoms with van der Waals surface area (Å²) in [4.78, 5) is 21.2. The summed E-state index contributed by atoms with van der Waals surface area (Å²) < 4.78 is 10.8. The molecule has 2 aliphatic rings. The average Bonchev–Trinajstić information content (AvgIpc) is 3.40. The largest absolute Gasteiger partial charge is 0.494 e. The molecule has 1 aliphatic carbocycles. The van der Waals surface area contributed by atoms with Crippen LogP contribution in [0.25, 0.3) is 16.6 Å². The number of nitrogens with one attached hydrogen (secondary N) is 1. The molecule has 0 bridgehead atoms. The highest BCUT2D eigenvalue weighted by molar-refractivity contribution is 6.00. The lowest BCUT2D eigenvalue weighted by molar-refractivity contribution is -0.118. The maximum atomic E-state index is 12.1. The zero-order chi connectivity index (χ0) is 17.4. The number of amides is 1. The van der Waals surface area contributed by atoms with Crippen molar-refractivity contribution in [3.05, 3.63) is 30.0 Å². The van der Waals surface area contributed by atoms with Crippen molar-refractivity contribution in [1.82, 2.24) is 9.97 Å². The molecule has 1 aliphatic heterocycles. The van der Waals surface area contributed by atoms with E-state index in [0.717, 1.165) is 17.5 Å². The molecule has 3 N–H and O–H groups in total. The third-order valence-electron chi connectivity index (χ3n) is 4.67. The highest BCUT2D eigenvalue weighted by Gasteiger charge is 2.46. The summed E-state index contributed by atoms with van der Waals surface area (Å²) in [6, 6.07) is 3.86. The minimum atomic E-state index is -0.754. The molecule has 2 heterocycles. The number of benzene rings is 1. The van der Waals surface area contributed by atoms with Crippen molar-refractivity contribution in [2.75, 3.05) is 25.6 Å². The summed E-state index contributed by atoms with van der Waals surface area (Å²) in [5, 5.41) is 2.76. The minimum Gasteiger partial charge on any atom is -0.494 e. The lowest BCUT2D eigenvalue weighted by Gasteiger charge is -2.16. The summed E-state index contributed by atoms with van der Waals surface area (Å²) in [6.45, 7) is 1.29. The molecule has 2 aromatic rings. The van der Waals surface area contributed by atoms with Crippen molar-refractivity contribution in [1.29, 1.82) is 0 Å². The van der Waals surface area contributed by atoms with Crippen molar-refractivity contribution >= 4 is 28.3 Å². The number of methoxy groups -OCH3 is 1. The van der Waals surface area contributed by atoms with E-state index >= 15 is 0 Å². The van der Waals surface area contributed by atoms with E-state index in [1.54, 1.807) is 13.3 Å². The molecule has 0 atom stereocenters. The van der Waals surface area contributed by atoms with Crippen molar-refractivity contribution in [2.24, 2.45) is 5.73 Å². The fourth-order valence-electron chi connectivity index (χ4n) is 2.93. The van der Waals surface area contributed by atoms with Crippen LogP contribution in [0.4, 0.5) is 5.82 Å². The molecule has 25 heavy (non-hydrogen) atoms. The van der Waals surface area contributed by atoms with Crippen LogP contribution >= 0.6 is 0 Å². The number of rotatable bonds is 4. The quantitative estimate of drug-likeness (QED) is 0.881. The number of nitrogens with zero attached hydrogens (tertiary/aromatic N) is 2. The van der Waals surface area contributed by atoms with Gasteiger partial charge in [-0.15, -0.1) is 0 Å². The zero-order valence-corrected chi connectivity index (χ0v) is 14.0. The first kappa shape index (κ1) is 16.0. The predicted octanol–water partition coefficient (Wildman–Crippen LogP) is 1.87. The Bertz CT molecular complexity index is 874. The highest BCUT2D eigenvalue weighted by atomic mass is 16.5. The first-order valence-corrected chi connectivity index (χ1v) is 8.32. The van der Waals surface area contributed by atoms with E-state index in [9.17, 15) is 4.79 Å². The standard InChI is InChI=1S/C18H20N4O3/c1-24-13-3-2-12(11-4-8-25-9-5-11)15-16(13)21-14(10-20-15)22-17(23)18(19)6-7-18/h2-4,10H,5-9,19H2,1H3,(H,21,22,23). The molecule has 7 heteroatoms. The maximum absolute atomic E-state index is 12.1. The van der Waals surface area contributed by atoms with E-state index < -0.39 is 5.54 Å². The van der Waals surface area contributed by atoms with Gasteiger partial charge in [0.15, 0.2) is 5.82 Å². The van der Waals surface area contributed by atoms with Crippen LogP contribution in [0.1, 0.15) is 24.8 Å². The molecular formula is C18H20N4O3. The lowest BCUT2D eigenvalue weighted by atomic mass is 9.99. The van der Waals surface area contributed by atoms with E-state index in [1.807, 2.05) is 12.1 Å². The molecule has 0 unspecified atom stereocenters. The summed E-state index contributed by atoms with van der Waals surface area (Å²) >= 11 is 0. The number of anilines is 1.